The first-order valence-corrected chi connectivity index (χ1v) is 5.31. The molecule has 1 saturated carbocycles. The molecule has 17 heavy (non-hydrogen) atoms. The Hall–Kier alpha value is -1.46. The Labute approximate surface area is 96.8 Å². The fourth-order valence-corrected chi connectivity index (χ4v) is 1.97. The molecule has 2 nitrogen and oxygen atoms in total. The largest absolute Gasteiger partial charge is 0.509 e. The maximum atomic E-state index is 12.5. The van der Waals surface area contributed by atoms with E-state index < -0.39 is 12.4 Å². The number of carbonyl (C=O) groups excluding carboxylic acids is 1. The summed E-state index contributed by atoms with van der Waals surface area (Å²) in [7, 11) is 1.28. The molecule has 0 N–H and O–H groups in total. The number of rotatable bonds is 3. The highest BCUT2D eigenvalue weighted by molar-refractivity contribution is 6.73. The van der Waals surface area contributed by atoms with Gasteiger partial charge in [-0.15, -0.1) is 5.46 Å². The summed E-state index contributed by atoms with van der Waals surface area (Å²) in [5.74, 6) is -0.755. The number of methoxy groups -OCH3 is 1. The van der Waals surface area contributed by atoms with E-state index in [1.165, 1.54) is 13.2 Å². The van der Waals surface area contributed by atoms with Gasteiger partial charge in [0.05, 0.1) is 13.0 Å². The predicted octanol–water partition coefficient (Wildman–Crippen LogP) is 2.02. The molecule has 1 aromatic carbocycles. The average molecular weight is 243 g/mol. The maximum absolute atomic E-state index is 12.5. The second-order valence-corrected chi connectivity index (χ2v) is 4.22. The zero-order chi connectivity index (χ0) is 12.6. The number of hydrogen-bond donors (Lipinski definition) is 0. The van der Waals surface area contributed by atoms with E-state index in [0.29, 0.717) is 12.0 Å². The molecule has 0 bridgehead atoms. The highest BCUT2D eigenvalue weighted by atomic mass is 19.4. The predicted molar refractivity (Wildman–Crippen MR) is 58.0 cm³/mol. The normalized spacial score (nSPS) is 23.3. The minimum atomic E-state index is -4.98. The van der Waals surface area contributed by atoms with Crippen LogP contribution in [0.15, 0.2) is 24.3 Å². The Bertz CT molecular complexity index is 445. The van der Waals surface area contributed by atoms with Gasteiger partial charge in [-0.25, -0.2) is 0 Å². The molecule has 1 aromatic rings. The average Bonchev–Trinajstić information content (AvgIpc) is 3.07. The zero-order valence-electron chi connectivity index (χ0n) is 9.20. The van der Waals surface area contributed by atoms with Crippen LogP contribution in [0.25, 0.3) is 0 Å². The molecule has 0 heterocycles. The Morgan fingerprint density at radius 1 is 1.41 bits per heavy atom. The standard InChI is InChI=1S/C11H11BF3O2/c1-17-11(16)10-6-9(10)7-3-2-4-8(5-7)12(13,14)15/h2-5,9-10H,6H2,1H3/q-1/t9-,10+/m0/s1. The van der Waals surface area contributed by atoms with Gasteiger partial charge in [0.25, 0.3) is 0 Å². The lowest BCUT2D eigenvalue weighted by Crippen LogP contribution is -2.34. The van der Waals surface area contributed by atoms with Crippen LogP contribution in [0.5, 0.6) is 0 Å². The number of esters is 1. The number of carbonyl (C=O) groups is 1. The van der Waals surface area contributed by atoms with E-state index in [0.717, 1.165) is 12.1 Å². The van der Waals surface area contributed by atoms with Gasteiger partial charge < -0.3 is 17.7 Å². The van der Waals surface area contributed by atoms with Gasteiger partial charge >= 0.3 is 12.9 Å². The van der Waals surface area contributed by atoms with Crippen molar-refractivity contribution >= 4 is 18.4 Å². The first kappa shape index (κ1) is 12.0. The summed E-state index contributed by atoms with van der Waals surface area (Å²) in [5.41, 5.74) is -0.0462. The molecule has 0 spiro atoms. The molecule has 2 rings (SSSR count). The van der Waals surface area contributed by atoms with Crippen LogP contribution in [0, 0.1) is 5.92 Å². The molecule has 0 saturated heterocycles. The lowest BCUT2D eigenvalue weighted by atomic mass is 9.79. The first-order chi connectivity index (χ1) is 7.93. The monoisotopic (exact) mass is 243 g/mol. The van der Waals surface area contributed by atoms with Gasteiger partial charge in [-0.05, 0) is 17.9 Å². The summed E-state index contributed by atoms with van der Waals surface area (Å²) in [6.45, 7) is -4.98. The van der Waals surface area contributed by atoms with Gasteiger partial charge in [0.1, 0.15) is 0 Å². The number of halogens is 3. The molecule has 0 aromatic heterocycles. The first-order valence-electron chi connectivity index (χ1n) is 5.31. The maximum Gasteiger partial charge on any atom is 0.509 e. The van der Waals surface area contributed by atoms with Crippen molar-refractivity contribution in [3.05, 3.63) is 29.8 Å². The number of hydrogen-bond acceptors (Lipinski definition) is 2. The van der Waals surface area contributed by atoms with Crippen molar-refractivity contribution in [1.29, 1.82) is 0 Å². The summed E-state index contributed by atoms with van der Waals surface area (Å²) in [6, 6.07) is 5.19. The summed E-state index contributed by atoms with van der Waals surface area (Å²) in [4.78, 5) is 11.2. The van der Waals surface area contributed by atoms with Crippen molar-refractivity contribution in [3.8, 4) is 0 Å². The fourth-order valence-electron chi connectivity index (χ4n) is 1.97. The van der Waals surface area contributed by atoms with Crippen LogP contribution in [0.1, 0.15) is 17.9 Å². The second-order valence-electron chi connectivity index (χ2n) is 4.22. The van der Waals surface area contributed by atoms with Crippen molar-refractivity contribution in [2.45, 2.75) is 12.3 Å². The fraction of sp³-hybridized carbons (Fsp3) is 0.364. The molecule has 0 unspecified atom stereocenters. The van der Waals surface area contributed by atoms with Gasteiger partial charge in [0, 0.05) is 0 Å². The van der Waals surface area contributed by atoms with Gasteiger partial charge in [-0.3, -0.25) is 4.79 Å². The topological polar surface area (TPSA) is 26.3 Å². The number of ether oxygens (including phenoxy) is 1. The minimum absolute atomic E-state index is 0.124. The van der Waals surface area contributed by atoms with Gasteiger partial charge in [0.15, 0.2) is 0 Å². The van der Waals surface area contributed by atoms with Crippen LogP contribution >= 0.6 is 0 Å². The van der Waals surface area contributed by atoms with E-state index in [2.05, 4.69) is 4.74 Å². The summed E-state index contributed by atoms with van der Waals surface area (Å²) in [5, 5.41) is 0. The molecule has 0 radical (unpaired) electrons. The highest BCUT2D eigenvalue weighted by Gasteiger charge is 2.45. The summed E-state index contributed by atoms with van der Waals surface area (Å²) in [6.07, 6.45) is 0.570. The van der Waals surface area contributed by atoms with Crippen LogP contribution in [-0.2, 0) is 9.53 Å². The Morgan fingerprint density at radius 3 is 2.71 bits per heavy atom. The zero-order valence-corrected chi connectivity index (χ0v) is 9.20. The third kappa shape index (κ3) is 2.45. The Morgan fingerprint density at radius 2 is 2.12 bits per heavy atom. The van der Waals surface area contributed by atoms with Crippen molar-refractivity contribution in [2.75, 3.05) is 7.11 Å². The molecular weight excluding hydrogens is 232 g/mol. The lowest BCUT2D eigenvalue weighted by molar-refractivity contribution is -0.142. The minimum Gasteiger partial charge on any atom is -0.469 e. The van der Waals surface area contributed by atoms with E-state index in [9.17, 15) is 17.7 Å². The SMILES string of the molecule is COC(=O)[C@@H]1C[C@H]1c1cccc([B-](F)(F)F)c1. The second kappa shape index (κ2) is 4.09. The van der Waals surface area contributed by atoms with E-state index in [1.54, 1.807) is 6.07 Å². The van der Waals surface area contributed by atoms with Crippen LogP contribution in [0.2, 0.25) is 0 Å². The molecule has 2 atom stereocenters. The summed E-state index contributed by atoms with van der Waals surface area (Å²) >= 11 is 0. The van der Waals surface area contributed by atoms with Crippen LogP contribution in [-0.4, -0.2) is 20.1 Å². The molecule has 0 aliphatic heterocycles. The van der Waals surface area contributed by atoms with Crippen molar-refractivity contribution in [3.63, 3.8) is 0 Å². The van der Waals surface area contributed by atoms with Crippen LogP contribution in [0.3, 0.4) is 0 Å². The van der Waals surface area contributed by atoms with Crippen LogP contribution < -0.4 is 5.46 Å². The lowest BCUT2D eigenvalue weighted by Gasteiger charge is -2.15. The molecule has 1 aliphatic carbocycles. The molecule has 6 heteroatoms. The van der Waals surface area contributed by atoms with Gasteiger partial charge in [0.2, 0.25) is 0 Å². The smallest absolute Gasteiger partial charge is 0.469 e. The third-order valence-corrected chi connectivity index (χ3v) is 3.01. The Balaban J connectivity index is 2.17. The molecule has 1 fully saturated rings. The molecular formula is C11H11BF3O2-. The Kier molecular flexibility index (Phi) is 2.89. The van der Waals surface area contributed by atoms with Crippen molar-refractivity contribution in [1.82, 2.24) is 0 Å². The third-order valence-electron chi connectivity index (χ3n) is 3.01. The highest BCUT2D eigenvalue weighted by Crippen LogP contribution is 2.47. The molecule has 0 amide bonds. The molecule has 92 valence electrons. The quantitative estimate of drug-likeness (QED) is 0.599. The summed E-state index contributed by atoms with van der Waals surface area (Å²) < 4.78 is 42.2. The number of benzene rings is 1. The van der Waals surface area contributed by atoms with E-state index in [4.69, 9.17) is 0 Å². The van der Waals surface area contributed by atoms with Crippen molar-refractivity contribution < 1.29 is 22.5 Å². The van der Waals surface area contributed by atoms with E-state index >= 15 is 0 Å². The van der Waals surface area contributed by atoms with E-state index in [-0.39, 0.29) is 17.8 Å². The van der Waals surface area contributed by atoms with Gasteiger partial charge in [-0.1, -0.05) is 24.3 Å². The van der Waals surface area contributed by atoms with Gasteiger partial charge in [-0.2, -0.15) is 0 Å². The van der Waals surface area contributed by atoms with Crippen LogP contribution in [0.4, 0.5) is 12.9 Å². The van der Waals surface area contributed by atoms with Crippen molar-refractivity contribution in [2.24, 2.45) is 5.92 Å². The molecule has 1 aliphatic rings. The van der Waals surface area contributed by atoms with E-state index in [1.807, 2.05) is 0 Å².